The molecule has 0 aliphatic heterocycles. The van der Waals surface area contributed by atoms with Gasteiger partial charge in [-0.3, -0.25) is 4.21 Å². The lowest BCUT2D eigenvalue weighted by Gasteiger charge is -2.00. The number of nitrogens with zero attached hydrogens (tertiary/aromatic N) is 1. The molecule has 0 rings (SSSR count). The summed E-state index contributed by atoms with van der Waals surface area (Å²) in [5, 5.41) is 2.38. The second-order valence-electron chi connectivity index (χ2n) is 3.73. The molecule has 0 N–H and O–H groups in total. The summed E-state index contributed by atoms with van der Waals surface area (Å²) in [7, 11) is -0.607. The maximum absolute atomic E-state index is 10.8. The van der Waals surface area contributed by atoms with Crippen LogP contribution in [0.1, 0.15) is 44.9 Å². The van der Waals surface area contributed by atoms with Crippen molar-refractivity contribution in [1.29, 1.82) is 0 Å². The largest absolute Gasteiger partial charge is 0.260 e. The Morgan fingerprint density at radius 3 is 2.13 bits per heavy atom. The van der Waals surface area contributed by atoms with Crippen LogP contribution in [0.25, 0.3) is 0 Å². The van der Waals surface area contributed by atoms with Crippen LogP contribution in [-0.4, -0.2) is 27.9 Å². The van der Waals surface area contributed by atoms with Gasteiger partial charge in [-0.15, -0.1) is 0 Å². The summed E-state index contributed by atoms with van der Waals surface area (Å²) in [6.45, 7) is 0.832. The number of unbranched alkanes of at least 4 members (excludes halogenated alkanes) is 6. The van der Waals surface area contributed by atoms with Gasteiger partial charge in [-0.1, -0.05) is 32.1 Å². The Kier molecular flexibility index (Phi) is 12.0. The molecule has 1 atom stereocenters. The smallest absolute Gasteiger partial charge is 0.0584 e. The first kappa shape index (κ1) is 14.9. The number of aliphatic imine (C=N–C) groups is 1. The molecule has 0 bridgehead atoms. The van der Waals surface area contributed by atoms with Crippen LogP contribution in [0.15, 0.2) is 4.99 Å². The van der Waals surface area contributed by atoms with Crippen molar-refractivity contribution >= 4 is 28.2 Å². The Bertz CT molecular complexity index is 205. The van der Waals surface area contributed by atoms with Crippen LogP contribution in [0, 0.1) is 0 Å². The fourth-order valence-corrected chi connectivity index (χ4v) is 2.13. The van der Waals surface area contributed by atoms with Gasteiger partial charge in [-0.25, -0.2) is 4.99 Å². The van der Waals surface area contributed by atoms with Crippen LogP contribution in [0.2, 0.25) is 0 Å². The maximum Gasteiger partial charge on any atom is 0.0584 e. The van der Waals surface area contributed by atoms with E-state index in [1.165, 1.54) is 32.1 Å². The lowest BCUT2D eigenvalue weighted by atomic mass is 10.1. The van der Waals surface area contributed by atoms with E-state index in [0.29, 0.717) is 0 Å². The van der Waals surface area contributed by atoms with Crippen LogP contribution in [-0.2, 0) is 10.8 Å². The highest BCUT2D eigenvalue weighted by Gasteiger charge is 1.93. The minimum Gasteiger partial charge on any atom is -0.260 e. The second kappa shape index (κ2) is 12.0. The fraction of sp³-hybridized carbons (Fsp3) is 0.909. The topological polar surface area (TPSA) is 29.4 Å². The Morgan fingerprint density at radius 1 is 1.07 bits per heavy atom. The lowest BCUT2D eigenvalue weighted by molar-refractivity contribution is 0.593. The standard InChI is InChI=1S/C11H21NOS2/c1-15(13)10-8-6-4-2-3-5-7-9-12-11-14/h2-10H2,1H3/t15-/m0/s1. The van der Waals surface area contributed by atoms with Gasteiger partial charge >= 0.3 is 0 Å². The number of hydrogen-bond acceptors (Lipinski definition) is 3. The van der Waals surface area contributed by atoms with Crippen molar-refractivity contribution in [1.82, 2.24) is 0 Å². The molecule has 2 nitrogen and oxygen atoms in total. The lowest BCUT2D eigenvalue weighted by Crippen LogP contribution is -1.93. The predicted molar refractivity (Wildman–Crippen MR) is 71.1 cm³/mol. The summed E-state index contributed by atoms with van der Waals surface area (Å²) >= 11 is 4.48. The Balaban J connectivity index is 2.98. The van der Waals surface area contributed by atoms with Crippen molar-refractivity contribution in [3.63, 3.8) is 0 Å². The van der Waals surface area contributed by atoms with E-state index < -0.39 is 10.8 Å². The Hall–Kier alpha value is -0.0500. The van der Waals surface area contributed by atoms with E-state index >= 15 is 0 Å². The third-order valence-electron chi connectivity index (χ3n) is 2.27. The number of hydrogen-bond donors (Lipinski definition) is 0. The fourth-order valence-electron chi connectivity index (χ4n) is 1.43. The molecule has 15 heavy (non-hydrogen) atoms. The molecule has 0 radical (unpaired) electrons. The van der Waals surface area contributed by atoms with Gasteiger partial charge in [-0.2, -0.15) is 0 Å². The summed E-state index contributed by atoms with van der Waals surface area (Å²) < 4.78 is 10.8. The molecule has 0 aromatic carbocycles. The summed E-state index contributed by atoms with van der Waals surface area (Å²) in [6, 6.07) is 0. The molecule has 0 unspecified atom stereocenters. The van der Waals surface area contributed by atoms with Gasteiger partial charge < -0.3 is 0 Å². The molecule has 0 fully saturated rings. The summed E-state index contributed by atoms with van der Waals surface area (Å²) in [5.41, 5.74) is 0. The molecule has 0 saturated carbocycles. The van der Waals surface area contributed by atoms with Crippen molar-refractivity contribution in [3.05, 3.63) is 0 Å². The van der Waals surface area contributed by atoms with Crippen LogP contribution in [0.4, 0.5) is 0 Å². The summed E-state index contributed by atoms with van der Waals surface area (Å²) in [5.74, 6) is 0.864. The van der Waals surface area contributed by atoms with Gasteiger partial charge in [0.2, 0.25) is 0 Å². The van der Waals surface area contributed by atoms with Crippen molar-refractivity contribution in [2.24, 2.45) is 4.99 Å². The van der Waals surface area contributed by atoms with Crippen LogP contribution >= 0.6 is 12.2 Å². The summed E-state index contributed by atoms with van der Waals surface area (Å²) in [6.07, 6.45) is 10.3. The zero-order valence-electron chi connectivity index (χ0n) is 9.54. The van der Waals surface area contributed by atoms with Crippen molar-refractivity contribution in [2.75, 3.05) is 18.6 Å². The maximum atomic E-state index is 10.8. The molecule has 0 saturated heterocycles. The van der Waals surface area contributed by atoms with E-state index in [1.807, 2.05) is 0 Å². The first-order valence-electron chi connectivity index (χ1n) is 5.61. The molecule has 0 aliphatic carbocycles. The molecule has 0 amide bonds. The molecule has 0 aromatic heterocycles. The van der Waals surface area contributed by atoms with E-state index in [1.54, 1.807) is 6.26 Å². The first-order chi connectivity index (χ1) is 7.27. The zero-order chi connectivity index (χ0) is 11.4. The average Bonchev–Trinajstić information content (AvgIpc) is 2.20. The molecule has 0 aromatic rings. The van der Waals surface area contributed by atoms with E-state index in [-0.39, 0.29) is 0 Å². The van der Waals surface area contributed by atoms with Gasteiger partial charge in [0.1, 0.15) is 0 Å². The number of rotatable bonds is 10. The van der Waals surface area contributed by atoms with Crippen LogP contribution in [0.3, 0.4) is 0 Å². The minimum absolute atomic E-state index is 0.607. The van der Waals surface area contributed by atoms with Gasteiger partial charge in [0.25, 0.3) is 0 Å². The molecule has 4 heteroatoms. The molecule has 0 heterocycles. The van der Waals surface area contributed by atoms with Gasteiger partial charge in [-0.05, 0) is 25.1 Å². The SMILES string of the molecule is C[S@](=O)CCCCCCCCCN=C=S. The zero-order valence-corrected chi connectivity index (χ0v) is 11.2. The van der Waals surface area contributed by atoms with Crippen LogP contribution < -0.4 is 0 Å². The predicted octanol–water partition coefficient (Wildman–Crippen LogP) is 3.20. The third kappa shape index (κ3) is 14.0. The van der Waals surface area contributed by atoms with E-state index in [2.05, 4.69) is 22.4 Å². The number of isothiocyanates is 1. The average molecular weight is 247 g/mol. The van der Waals surface area contributed by atoms with Crippen LogP contribution in [0.5, 0.6) is 0 Å². The quantitative estimate of drug-likeness (QED) is 0.337. The Morgan fingerprint density at radius 2 is 1.60 bits per heavy atom. The third-order valence-corrected chi connectivity index (χ3v) is 3.26. The monoisotopic (exact) mass is 247 g/mol. The highest BCUT2D eigenvalue weighted by atomic mass is 32.2. The highest BCUT2D eigenvalue weighted by molar-refractivity contribution is 7.84. The van der Waals surface area contributed by atoms with E-state index in [9.17, 15) is 4.21 Å². The molecule has 0 aliphatic rings. The molecule has 88 valence electrons. The highest BCUT2D eigenvalue weighted by Crippen LogP contribution is 2.07. The first-order valence-corrected chi connectivity index (χ1v) is 7.74. The van der Waals surface area contributed by atoms with Gasteiger partial charge in [0, 0.05) is 29.4 Å². The molecular weight excluding hydrogens is 226 g/mol. The van der Waals surface area contributed by atoms with E-state index in [0.717, 1.165) is 25.1 Å². The van der Waals surface area contributed by atoms with Crippen molar-refractivity contribution in [3.8, 4) is 0 Å². The van der Waals surface area contributed by atoms with Gasteiger partial charge in [0.15, 0.2) is 0 Å². The summed E-state index contributed by atoms with van der Waals surface area (Å²) in [4.78, 5) is 3.87. The van der Waals surface area contributed by atoms with Crippen molar-refractivity contribution in [2.45, 2.75) is 44.9 Å². The number of thiocarbonyl (C=S) groups is 1. The van der Waals surface area contributed by atoms with Gasteiger partial charge in [0.05, 0.1) is 5.16 Å². The normalized spacial score (nSPS) is 12.1. The van der Waals surface area contributed by atoms with E-state index in [4.69, 9.17) is 0 Å². The minimum atomic E-state index is -0.607. The Labute approximate surface area is 101 Å². The molecule has 0 spiro atoms. The second-order valence-corrected chi connectivity index (χ2v) is 5.46. The van der Waals surface area contributed by atoms with Crippen molar-refractivity contribution < 1.29 is 4.21 Å². The molecular formula is C11H21NOS2.